The predicted octanol–water partition coefficient (Wildman–Crippen LogP) is 2.16. The van der Waals surface area contributed by atoms with E-state index < -0.39 is 27.1 Å². The number of nitrogens with one attached hydrogen (secondary N) is 2. The highest BCUT2D eigenvalue weighted by Gasteiger charge is 2.28. The molecule has 2 aromatic rings. The first kappa shape index (κ1) is 16.8. The van der Waals surface area contributed by atoms with Crippen molar-refractivity contribution in [2.45, 2.75) is 6.92 Å². The predicted molar refractivity (Wildman–Crippen MR) is 85.9 cm³/mol. The summed E-state index contributed by atoms with van der Waals surface area (Å²) in [7, 11) is 0. The van der Waals surface area contributed by atoms with Crippen LogP contribution in [0, 0.1) is 27.2 Å². The van der Waals surface area contributed by atoms with Gasteiger partial charge in [-0.3, -0.25) is 30.4 Å². The molecule has 0 saturated heterocycles. The van der Waals surface area contributed by atoms with E-state index in [0.717, 1.165) is 17.7 Å². The van der Waals surface area contributed by atoms with Gasteiger partial charge in [-0.05, 0) is 18.6 Å². The molecule has 24 heavy (non-hydrogen) atoms. The number of benzene rings is 2. The number of nitrogens with two attached hydrogens (primary N) is 1. The summed E-state index contributed by atoms with van der Waals surface area (Å²) in [4.78, 5) is 32.6. The molecule has 10 heteroatoms. The van der Waals surface area contributed by atoms with E-state index in [-0.39, 0.29) is 11.3 Å². The topological polar surface area (TPSA) is 153 Å². The molecule has 124 valence electrons. The molecule has 0 unspecified atom stereocenters. The number of carbonyl (C=O) groups excluding carboxylic acids is 1. The van der Waals surface area contributed by atoms with Crippen LogP contribution in [0.2, 0.25) is 0 Å². The second kappa shape index (κ2) is 6.71. The largest absolute Gasteiger partial charge is 0.344 e. The first-order valence-corrected chi connectivity index (χ1v) is 6.65. The van der Waals surface area contributed by atoms with Gasteiger partial charge < -0.3 is 5.32 Å². The molecule has 0 fully saturated rings. The summed E-state index contributed by atoms with van der Waals surface area (Å²) < 4.78 is 0. The normalized spacial score (nSPS) is 10.1. The van der Waals surface area contributed by atoms with Crippen LogP contribution in [0.1, 0.15) is 15.9 Å². The number of hydrazine groups is 1. The van der Waals surface area contributed by atoms with Crippen molar-refractivity contribution >= 4 is 28.7 Å². The van der Waals surface area contributed by atoms with Gasteiger partial charge in [0.05, 0.1) is 15.4 Å². The van der Waals surface area contributed by atoms with Crippen molar-refractivity contribution < 1.29 is 14.6 Å². The molecule has 0 aromatic heterocycles. The molecule has 0 bridgehead atoms. The molecule has 0 radical (unpaired) electrons. The van der Waals surface area contributed by atoms with Gasteiger partial charge in [0.25, 0.3) is 5.91 Å². The maximum absolute atomic E-state index is 11.6. The molecule has 1 amide bonds. The highest BCUT2D eigenvalue weighted by Crippen LogP contribution is 2.38. The molecule has 2 aromatic carbocycles. The molecule has 0 saturated carbocycles. The first-order chi connectivity index (χ1) is 11.3. The van der Waals surface area contributed by atoms with Gasteiger partial charge in [-0.1, -0.05) is 18.2 Å². The van der Waals surface area contributed by atoms with Gasteiger partial charge in [-0.25, -0.2) is 5.84 Å². The number of nitro benzene ring substituents is 2. The molecule has 2 rings (SSSR count). The monoisotopic (exact) mass is 331 g/mol. The molecule has 0 aliphatic heterocycles. The number of amides is 1. The molecule has 10 nitrogen and oxygen atoms in total. The van der Waals surface area contributed by atoms with Crippen molar-refractivity contribution in [1.29, 1.82) is 0 Å². The third-order valence-corrected chi connectivity index (χ3v) is 3.29. The third kappa shape index (κ3) is 3.28. The number of hydrogen-bond donors (Lipinski definition) is 3. The third-order valence-electron chi connectivity index (χ3n) is 3.29. The van der Waals surface area contributed by atoms with Crippen LogP contribution in [0.5, 0.6) is 0 Å². The second-order valence-electron chi connectivity index (χ2n) is 4.82. The minimum Gasteiger partial charge on any atom is -0.344 e. The molecule has 0 aliphatic carbocycles. The molecular formula is C14H13N5O5. The average Bonchev–Trinajstić information content (AvgIpc) is 2.55. The van der Waals surface area contributed by atoms with Crippen molar-refractivity contribution in [3.63, 3.8) is 0 Å². The van der Waals surface area contributed by atoms with E-state index in [4.69, 9.17) is 5.84 Å². The fourth-order valence-corrected chi connectivity index (χ4v) is 2.09. The van der Waals surface area contributed by atoms with Crippen molar-refractivity contribution in [3.8, 4) is 0 Å². The maximum atomic E-state index is 11.6. The van der Waals surface area contributed by atoms with Gasteiger partial charge >= 0.3 is 11.4 Å². The Morgan fingerprint density at radius 3 is 2.08 bits per heavy atom. The SMILES string of the molecule is Cc1ccccc1Nc1c([N+](=O)[O-])cc(C(=O)NN)cc1[N+](=O)[O-]. The minimum absolute atomic E-state index is 0.286. The summed E-state index contributed by atoms with van der Waals surface area (Å²) in [6, 6.07) is 8.67. The fourth-order valence-electron chi connectivity index (χ4n) is 2.09. The average molecular weight is 331 g/mol. The Morgan fingerprint density at radius 1 is 1.08 bits per heavy atom. The zero-order valence-corrected chi connectivity index (χ0v) is 12.5. The number of nitrogen functional groups attached to an aromatic ring is 1. The van der Waals surface area contributed by atoms with Crippen LogP contribution in [0.15, 0.2) is 36.4 Å². The van der Waals surface area contributed by atoms with Crippen molar-refractivity contribution in [2.75, 3.05) is 5.32 Å². The summed E-state index contributed by atoms with van der Waals surface area (Å²) in [5.74, 6) is 4.11. The molecule has 4 N–H and O–H groups in total. The van der Waals surface area contributed by atoms with E-state index in [1.165, 1.54) is 0 Å². The van der Waals surface area contributed by atoms with E-state index in [9.17, 15) is 25.0 Å². The Kier molecular flexibility index (Phi) is 4.70. The van der Waals surface area contributed by atoms with Crippen LogP contribution in [-0.2, 0) is 0 Å². The number of hydrogen-bond acceptors (Lipinski definition) is 7. The second-order valence-corrected chi connectivity index (χ2v) is 4.82. The zero-order chi connectivity index (χ0) is 17.9. The van der Waals surface area contributed by atoms with E-state index in [0.29, 0.717) is 5.69 Å². The van der Waals surface area contributed by atoms with Crippen LogP contribution in [0.25, 0.3) is 0 Å². The van der Waals surface area contributed by atoms with E-state index in [1.54, 1.807) is 36.6 Å². The van der Waals surface area contributed by atoms with Crippen molar-refractivity contribution in [3.05, 3.63) is 67.8 Å². The Labute approximate surface area is 135 Å². The Hall–Kier alpha value is -3.53. The van der Waals surface area contributed by atoms with Crippen molar-refractivity contribution in [1.82, 2.24) is 5.43 Å². The first-order valence-electron chi connectivity index (χ1n) is 6.65. The number of nitro groups is 2. The lowest BCUT2D eigenvalue weighted by molar-refractivity contribution is -0.392. The van der Waals surface area contributed by atoms with Crippen LogP contribution in [0.4, 0.5) is 22.7 Å². The lowest BCUT2D eigenvalue weighted by atomic mass is 10.1. The van der Waals surface area contributed by atoms with Crippen LogP contribution < -0.4 is 16.6 Å². The van der Waals surface area contributed by atoms with Gasteiger partial charge in [0, 0.05) is 17.8 Å². The van der Waals surface area contributed by atoms with Crippen LogP contribution in [0.3, 0.4) is 0 Å². The number of aryl methyl sites for hydroxylation is 1. The molecule has 0 atom stereocenters. The maximum Gasteiger partial charge on any atom is 0.300 e. The lowest BCUT2D eigenvalue weighted by Crippen LogP contribution is -2.30. The van der Waals surface area contributed by atoms with Crippen LogP contribution in [-0.4, -0.2) is 15.8 Å². The smallest absolute Gasteiger partial charge is 0.300 e. The Bertz CT molecular complexity index is 801. The number of nitrogens with zero attached hydrogens (tertiary/aromatic N) is 2. The minimum atomic E-state index is -0.872. The van der Waals surface area contributed by atoms with Gasteiger partial charge in [0.1, 0.15) is 0 Å². The number of rotatable bonds is 5. The standard InChI is InChI=1S/C14H13N5O5/c1-8-4-2-3-5-10(8)16-13-11(18(21)22)6-9(14(20)17-15)7-12(13)19(23)24/h2-7,16H,15H2,1H3,(H,17,20). The van der Waals surface area contributed by atoms with E-state index >= 15 is 0 Å². The molecular weight excluding hydrogens is 318 g/mol. The quantitative estimate of drug-likeness (QED) is 0.328. The van der Waals surface area contributed by atoms with Gasteiger partial charge in [0.15, 0.2) is 5.69 Å². The summed E-state index contributed by atoms with van der Waals surface area (Å²) in [5, 5.41) is 25.3. The van der Waals surface area contributed by atoms with E-state index in [1.807, 2.05) is 0 Å². The van der Waals surface area contributed by atoms with E-state index in [2.05, 4.69) is 5.32 Å². The lowest BCUT2D eigenvalue weighted by Gasteiger charge is -2.11. The fraction of sp³-hybridized carbons (Fsp3) is 0.0714. The molecule has 0 spiro atoms. The highest BCUT2D eigenvalue weighted by atomic mass is 16.6. The summed E-state index contributed by atoms with van der Waals surface area (Å²) in [6.07, 6.45) is 0. The number of para-hydroxylation sites is 1. The number of carbonyl (C=O) groups is 1. The van der Waals surface area contributed by atoms with Crippen LogP contribution >= 0.6 is 0 Å². The van der Waals surface area contributed by atoms with Crippen molar-refractivity contribution in [2.24, 2.45) is 5.84 Å². The number of anilines is 2. The Balaban J connectivity index is 2.68. The molecule has 0 aliphatic rings. The summed E-state index contributed by atoms with van der Waals surface area (Å²) >= 11 is 0. The Morgan fingerprint density at radius 2 is 1.62 bits per heavy atom. The summed E-state index contributed by atoms with van der Waals surface area (Å²) in [5.41, 5.74) is 1.19. The van der Waals surface area contributed by atoms with Gasteiger partial charge in [0.2, 0.25) is 0 Å². The summed E-state index contributed by atoms with van der Waals surface area (Å²) in [6.45, 7) is 1.75. The highest BCUT2D eigenvalue weighted by molar-refractivity contribution is 5.97. The molecule has 0 heterocycles. The van der Waals surface area contributed by atoms with Gasteiger partial charge in [-0.15, -0.1) is 0 Å². The zero-order valence-electron chi connectivity index (χ0n) is 12.5. The van der Waals surface area contributed by atoms with Gasteiger partial charge in [-0.2, -0.15) is 0 Å².